The first-order valence-corrected chi connectivity index (χ1v) is 8.74. The van der Waals surface area contributed by atoms with Gasteiger partial charge >= 0.3 is 0 Å². The number of likely N-dealkylation sites (tertiary alicyclic amines) is 1. The standard InChI is InChI=1S/C18H25FN4O2/c1-22(12-14-6-8-23(9-7-14)10-11-24)13-17-20-21-18(25-17)15-2-4-16(19)5-3-15/h2-5,14,24H,6-13H2,1H3. The molecule has 0 radical (unpaired) electrons. The second kappa shape index (κ2) is 8.51. The molecule has 136 valence electrons. The van der Waals surface area contributed by atoms with Crippen LogP contribution in [0.25, 0.3) is 11.5 Å². The highest BCUT2D eigenvalue weighted by molar-refractivity contribution is 5.51. The van der Waals surface area contributed by atoms with Gasteiger partial charge in [-0.3, -0.25) is 4.90 Å². The van der Waals surface area contributed by atoms with Crippen LogP contribution in [0.3, 0.4) is 0 Å². The molecule has 2 aromatic rings. The molecule has 0 amide bonds. The van der Waals surface area contributed by atoms with Crippen molar-refractivity contribution >= 4 is 0 Å². The molecule has 1 aliphatic heterocycles. The zero-order valence-electron chi connectivity index (χ0n) is 14.6. The third kappa shape index (κ3) is 5.07. The largest absolute Gasteiger partial charge is 0.419 e. The molecule has 0 unspecified atom stereocenters. The number of halogens is 1. The SMILES string of the molecule is CN(Cc1nnc(-c2ccc(F)cc2)o1)CC1CCN(CCO)CC1. The van der Waals surface area contributed by atoms with Gasteiger partial charge in [0.15, 0.2) is 0 Å². The maximum absolute atomic E-state index is 13.0. The predicted molar refractivity (Wildman–Crippen MR) is 92.3 cm³/mol. The van der Waals surface area contributed by atoms with Gasteiger partial charge in [-0.25, -0.2) is 4.39 Å². The van der Waals surface area contributed by atoms with E-state index in [0.29, 0.717) is 24.2 Å². The van der Waals surface area contributed by atoms with Crippen molar-refractivity contribution in [2.24, 2.45) is 5.92 Å². The van der Waals surface area contributed by atoms with E-state index in [1.807, 2.05) is 0 Å². The fourth-order valence-corrected chi connectivity index (χ4v) is 3.30. The summed E-state index contributed by atoms with van der Waals surface area (Å²) in [5.41, 5.74) is 0.721. The summed E-state index contributed by atoms with van der Waals surface area (Å²) in [4.78, 5) is 4.51. The smallest absolute Gasteiger partial charge is 0.247 e. The number of aliphatic hydroxyl groups excluding tert-OH is 1. The van der Waals surface area contributed by atoms with E-state index in [-0.39, 0.29) is 12.4 Å². The number of piperidine rings is 1. The number of aromatic nitrogens is 2. The Morgan fingerprint density at radius 3 is 2.64 bits per heavy atom. The van der Waals surface area contributed by atoms with E-state index in [1.54, 1.807) is 12.1 Å². The van der Waals surface area contributed by atoms with Gasteiger partial charge in [0.05, 0.1) is 13.2 Å². The Labute approximate surface area is 147 Å². The van der Waals surface area contributed by atoms with Crippen LogP contribution in [-0.4, -0.2) is 64.9 Å². The van der Waals surface area contributed by atoms with Crippen molar-refractivity contribution in [2.75, 3.05) is 39.8 Å². The average molecular weight is 348 g/mol. The third-order valence-corrected chi connectivity index (χ3v) is 4.66. The summed E-state index contributed by atoms with van der Waals surface area (Å²) in [6, 6.07) is 6.04. The minimum absolute atomic E-state index is 0.234. The molecule has 3 rings (SSSR count). The number of β-amino-alcohol motifs (C(OH)–C–C–N with tert-alkyl or cyclic N) is 1. The molecule has 0 saturated carbocycles. The second-order valence-corrected chi connectivity index (χ2v) is 6.71. The highest BCUT2D eigenvalue weighted by Crippen LogP contribution is 2.20. The van der Waals surface area contributed by atoms with Crippen LogP contribution < -0.4 is 0 Å². The molecule has 6 nitrogen and oxygen atoms in total. The van der Waals surface area contributed by atoms with Crippen LogP contribution in [0.2, 0.25) is 0 Å². The monoisotopic (exact) mass is 348 g/mol. The van der Waals surface area contributed by atoms with E-state index in [4.69, 9.17) is 9.52 Å². The molecule has 1 fully saturated rings. The van der Waals surface area contributed by atoms with E-state index in [0.717, 1.165) is 44.6 Å². The van der Waals surface area contributed by atoms with Gasteiger partial charge in [-0.15, -0.1) is 10.2 Å². The zero-order chi connectivity index (χ0) is 17.6. The first kappa shape index (κ1) is 18.0. The number of nitrogens with zero attached hydrogens (tertiary/aromatic N) is 4. The van der Waals surface area contributed by atoms with E-state index < -0.39 is 0 Å². The Balaban J connectivity index is 1.49. The molecule has 0 aliphatic carbocycles. The molecule has 7 heteroatoms. The van der Waals surface area contributed by atoms with Gasteiger partial charge in [-0.1, -0.05) is 0 Å². The van der Waals surface area contributed by atoms with Crippen molar-refractivity contribution in [3.63, 3.8) is 0 Å². The lowest BCUT2D eigenvalue weighted by molar-refractivity contribution is 0.127. The van der Waals surface area contributed by atoms with E-state index >= 15 is 0 Å². The van der Waals surface area contributed by atoms with Crippen LogP contribution >= 0.6 is 0 Å². The van der Waals surface area contributed by atoms with Gasteiger partial charge in [0, 0.05) is 18.7 Å². The Bertz CT molecular complexity index is 653. The number of benzene rings is 1. The fourth-order valence-electron chi connectivity index (χ4n) is 3.30. The average Bonchev–Trinajstić information content (AvgIpc) is 3.06. The van der Waals surface area contributed by atoms with Crippen LogP contribution in [0, 0.1) is 11.7 Å². The first-order chi connectivity index (χ1) is 12.1. The van der Waals surface area contributed by atoms with Crippen LogP contribution in [0.1, 0.15) is 18.7 Å². The van der Waals surface area contributed by atoms with Crippen molar-refractivity contribution in [3.8, 4) is 11.5 Å². The molecule has 1 N–H and O–H groups in total. The molecule has 0 atom stereocenters. The normalized spacial score (nSPS) is 16.6. The first-order valence-electron chi connectivity index (χ1n) is 8.74. The molecule has 1 aromatic heterocycles. The summed E-state index contributed by atoms with van der Waals surface area (Å²) in [6.07, 6.45) is 2.30. The second-order valence-electron chi connectivity index (χ2n) is 6.71. The summed E-state index contributed by atoms with van der Waals surface area (Å²) < 4.78 is 18.7. The van der Waals surface area contributed by atoms with Gasteiger partial charge in [0.1, 0.15) is 5.82 Å². The van der Waals surface area contributed by atoms with E-state index in [9.17, 15) is 4.39 Å². The fraction of sp³-hybridized carbons (Fsp3) is 0.556. The van der Waals surface area contributed by atoms with Crippen molar-refractivity contribution < 1.29 is 13.9 Å². The molecule has 0 bridgehead atoms. The van der Waals surface area contributed by atoms with Crippen LogP contribution in [0.15, 0.2) is 28.7 Å². The summed E-state index contributed by atoms with van der Waals surface area (Å²) in [5, 5.41) is 17.1. The van der Waals surface area contributed by atoms with Gasteiger partial charge in [-0.05, 0) is 63.2 Å². The summed E-state index contributed by atoms with van der Waals surface area (Å²) in [5.74, 6) is 1.35. The molecule has 1 aromatic carbocycles. The number of hydrogen-bond acceptors (Lipinski definition) is 6. The van der Waals surface area contributed by atoms with Gasteiger partial charge < -0.3 is 14.4 Å². The van der Waals surface area contributed by atoms with Crippen LogP contribution in [0.5, 0.6) is 0 Å². The molecule has 0 spiro atoms. The summed E-state index contributed by atoms with van der Waals surface area (Å²) >= 11 is 0. The van der Waals surface area contributed by atoms with Gasteiger partial charge in [0.2, 0.25) is 11.8 Å². The Hall–Kier alpha value is -1.83. The third-order valence-electron chi connectivity index (χ3n) is 4.66. The van der Waals surface area contributed by atoms with Crippen molar-refractivity contribution in [2.45, 2.75) is 19.4 Å². The van der Waals surface area contributed by atoms with Crippen molar-refractivity contribution in [1.82, 2.24) is 20.0 Å². The highest BCUT2D eigenvalue weighted by atomic mass is 19.1. The topological polar surface area (TPSA) is 65.6 Å². The number of hydrogen-bond donors (Lipinski definition) is 1. The minimum atomic E-state index is -0.284. The number of rotatable bonds is 7. The molecule has 25 heavy (non-hydrogen) atoms. The van der Waals surface area contributed by atoms with E-state index in [1.165, 1.54) is 12.1 Å². The van der Waals surface area contributed by atoms with Gasteiger partial charge in [-0.2, -0.15) is 0 Å². The Morgan fingerprint density at radius 2 is 1.96 bits per heavy atom. The van der Waals surface area contributed by atoms with Crippen molar-refractivity contribution in [1.29, 1.82) is 0 Å². The van der Waals surface area contributed by atoms with Crippen LogP contribution in [-0.2, 0) is 6.54 Å². The molecular formula is C18H25FN4O2. The molecule has 1 aliphatic rings. The Kier molecular flexibility index (Phi) is 6.12. The van der Waals surface area contributed by atoms with E-state index in [2.05, 4.69) is 27.0 Å². The lowest BCUT2D eigenvalue weighted by atomic mass is 9.96. The molecular weight excluding hydrogens is 323 g/mol. The quantitative estimate of drug-likeness (QED) is 0.826. The predicted octanol–water partition coefficient (Wildman–Crippen LogP) is 2.01. The van der Waals surface area contributed by atoms with Gasteiger partial charge in [0.25, 0.3) is 0 Å². The maximum atomic E-state index is 13.0. The van der Waals surface area contributed by atoms with Crippen LogP contribution in [0.4, 0.5) is 4.39 Å². The zero-order valence-corrected chi connectivity index (χ0v) is 14.6. The number of aliphatic hydroxyl groups is 1. The summed E-state index contributed by atoms with van der Waals surface area (Å²) in [6.45, 7) is 4.70. The summed E-state index contributed by atoms with van der Waals surface area (Å²) in [7, 11) is 2.06. The lowest BCUT2D eigenvalue weighted by Gasteiger charge is -2.33. The van der Waals surface area contributed by atoms with Crippen molar-refractivity contribution in [3.05, 3.63) is 36.0 Å². The molecule has 2 heterocycles. The molecule has 1 saturated heterocycles. The highest BCUT2D eigenvalue weighted by Gasteiger charge is 2.20. The Morgan fingerprint density at radius 1 is 1.24 bits per heavy atom. The minimum Gasteiger partial charge on any atom is -0.419 e. The maximum Gasteiger partial charge on any atom is 0.247 e. The lowest BCUT2D eigenvalue weighted by Crippen LogP contribution is -2.38.